The maximum absolute atomic E-state index is 15.5. The number of hydrogen-bond acceptors (Lipinski definition) is 2. The minimum atomic E-state index is -0.420. The lowest BCUT2D eigenvalue weighted by molar-refractivity contribution is 0.349. The molecule has 0 saturated heterocycles. The summed E-state index contributed by atoms with van der Waals surface area (Å²) in [5, 5.41) is 1.21. The highest BCUT2D eigenvalue weighted by atomic mass is 19.1. The highest BCUT2D eigenvalue weighted by Crippen LogP contribution is 2.42. The largest absolute Gasteiger partial charge is 0.455 e. The quantitative estimate of drug-likeness (QED) is 0.220. The van der Waals surface area contributed by atoms with Crippen LogP contribution in [-0.2, 0) is 5.21 Å². The Bertz CT molecular complexity index is 1870. The lowest BCUT2D eigenvalue weighted by Gasteiger charge is -2.39. The summed E-state index contributed by atoms with van der Waals surface area (Å²) in [7, 11) is 4.07. The van der Waals surface area contributed by atoms with Crippen LogP contribution in [0, 0.1) is 17.0 Å². The average Bonchev–Trinajstić information content (AvgIpc) is 3.31. The fourth-order valence-corrected chi connectivity index (χ4v) is 5.21. The van der Waals surface area contributed by atoms with Crippen molar-refractivity contribution < 1.29 is 13.2 Å². The van der Waals surface area contributed by atoms with Gasteiger partial charge in [-0.05, 0) is 45.9 Å². The van der Waals surface area contributed by atoms with Gasteiger partial charge in [0, 0.05) is 28.6 Å². The topological polar surface area (TPSA) is 26.0 Å². The van der Waals surface area contributed by atoms with E-state index in [0.717, 1.165) is 27.5 Å². The van der Waals surface area contributed by atoms with Crippen molar-refractivity contribution in [3.8, 4) is 33.5 Å². The molecule has 0 N–H and O–H groups in total. The standard InChI is InChI=1S/C34H29B2F2NO/c1-33(2,3)34(35,36)26-19-39-29(18-28(26)38)25-11-7-10-23-24-16-17-27(37)30(32(24)40-31(23)25)22-14-12-21(13-15-22)20-8-5-4-6-9-20/h4-19H,35-36H2,1-3H3. The SMILES string of the molecule is BC(B)(c1cnc(-c2cccc3c2oc2c(-c4ccc(-c5ccccc5)cc4)c(F)ccc23)cc1F)C(C)(C)C. The number of aromatic nitrogens is 1. The normalized spacial score (nSPS) is 12.3. The summed E-state index contributed by atoms with van der Waals surface area (Å²) in [5.41, 5.74) is 5.85. The second-order valence-electron chi connectivity index (χ2n) is 12.0. The molecule has 4 aromatic carbocycles. The van der Waals surface area contributed by atoms with Gasteiger partial charge in [0.05, 0.1) is 11.3 Å². The van der Waals surface area contributed by atoms with Crippen molar-refractivity contribution >= 4 is 37.6 Å². The smallest absolute Gasteiger partial charge is 0.146 e. The number of halogens is 2. The molecule has 0 amide bonds. The lowest BCUT2D eigenvalue weighted by Crippen LogP contribution is -2.42. The Morgan fingerprint density at radius 3 is 2.00 bits per heavy atom. The number of rotatable bonds is 4. The molecule has 2 nitrogen and oxygen atoms in total. The molecule has 6 heteroatoms. The zero-order valence-electron chi connectivity index (χ0n) is 23.3. The van der Waals surface area contributed by atoms with Crippen molar-refractivity contribution in [3.63, 3.8) is 0 Å². The predicted molar refractivity (Wildman–Crippen MR) is 166 cm³/mol. The first kappa shape index (κ1) is 26.1. The van der Waals surface area contributed by atoms with Crippen LogP contribution in [0.25, 0.3) is 55.4 Å². The molecule has 0 spiro atoms. The summed E-state index contributed by atoms with van der Waals surface area (Å²) in [6, 6.07) is 28.3. The van der Waals surface area contributed by atoms with Crippen LogP contribution in [0.3, 0.4) is 0 Å². The second kappa shape index (κ2) is 9.48. The Labute approximate surface area is 234 Å². The molecule has 0 fully saturated rings. The zero-order chi connectivity index (χ0) is 28.2. The molecule has 0 aliphatic carbocycles. The monoisotopic (exact) mass is 527 g/mol. The van der Waals surface area contributed by atoms with Gasteiger partial charge in [-0.1, -0.05) is 92.7 Å². The molecule has 2 heterocycles. The Balaban J connectivity index is 1.48. The molecular weight excluding hydrogens is 498 g/mol. The molecular formula is C34H29B2F2NO. The van der Waals surface area contributed by atoms with Crippen LogP contribution >= 0.6 is 0 Å². The van der Waals surface area contributed by atoms with Gasteiger partial charge >= 0.3 is 0 Å². The van der Waals surface area contributed by atoms with Gasteiger partial charge in [0.25, 0.3) is 0 Å². The van der Waals surface area contributed by atoms with E-state index in [1.165, 1.54) is 12.1 Å². The average molecular weight is 527 g/mol. The summed E-state index contributed by atoms with van der Waals surface area (Å²) in [4.78, 5) is 4.67. The molecule has 196 valence electrons. The summed E-state index contributed by atoms with van der Waals surface area (Å²) in [6.07, 6.45) is 1.64. The summed E-state index contributed by atoms with van der Waals surface area (Å²) in [5.74, 6) is -0.665. The van der Waals surface area contributed by atoms with Gasteiger partial charge in [-0.3, -0.25) is 4.98 Å². The molecule has 40 heavy (non-hydrogen) atoms. The molecule has 0 unspecified atom stereocenters. The van der Waals surface area contributed by atoms with Crippen molar-refractivity contribution in [2.45, 2.75) is 26.0 Å². The van der Waals surface area contributed by atoms with Crippen LogP contribution in [0.4, 0.5) is 8.78 Å². The van der Waals surface area contributed by atoms with E-state index in [9.17, 15) is 0 Å². The van der Waals surface area contributed by atoms with Crippen molar-refractivity contribution in [2.24, 2.45) is 5.41 Å². The highest BCUT2D eigenvalue weighted by Gasteiger charge is 2.36. The lowest BCUT2D eigenvalue weighted by atomic mass is 9.41. The van der Waals surface area contributed by atoms with Gasteiger partial charge in [-0.15, -0.1) is 0 Å². The molecule has 0 saturated carbocycles. The number of pyridine rings is 1. The number of hydrogen-bond donors (Lipinski definition) is 0. The molecule has 6 rings (SSSR count). The van der Waals surface area contributed by atoms with E-state index in [4.69, 9.17) is 4.42 Å². The molecule has 0 atom stereocenters. The molecule has 0 aliphatic heterocycles. The van der Waals surface area contributed by atoms with E-state index in [2.05, 4.69) is 25.8 Å². The Morgan fingerprint density at radius 2 is 1.32 bits per heavy atom. The minimum Gasteiger partial charge on any atom is -0.455 e. The van der Waals surface area contributed by atoms with E-state index < -0.39 is 5.21 Å². The molecule has 0 bridgehead atoms. The van der Waals surface area contributed by atoms with Gasteiger partial charge < -0.3 is 4.42 Å². The van der Waals surface area contributed by atoms with Crippen molar-refractivity contribution in [1.82, 2.24) is 4.98 Å². The maximum Gasteiger partial charge on any atom is 0.146 e. The van der Waals surface area contributed by atoms with Gasteiger partial charge in [0.15, 0.2) is 0 Å². The third-order valence-electron chi connectivity index (χ3n) is 8.57. The van der Waals surface area contributed by atoms with Gasteiger partial charge in [-0.2, -0.15) is 0 Å². The molecule has 6 aromatic rings. The predicted octanol–water partition coefficient (Wildman–Crippen LogP) is 7.73. The van der Waals surface area contributed by atoms with E-state index in [1.807, 2.05) is 88.5 Å². The summed E-state index contributed by atoms with van der Waals surface area (Å²) in [6.45, 7) is 6.30. The van der Waals surface area contributed by atoms with Crippen molar-refractivity contribution in [3.05, 3.63) is 114 Å². The number of nitrogens with zero attached hydrogens (tertiary/aromatic N) is 1. The third-order valence-corrected chi connectivity index (χ3v) is 8.57. The summed E-state index contributed by atoms with van der Waals surface area (Å²) < 4.78 is 37.3. The number of para-hydroxylation sites is 1. The Hall–Kier alpha value is -4.18. The van der Waals surface area contributed by atoms with Gasteiger partial charge in [0.1, 0.15) is 38.5 Å². The number of benzene rings is 4. The first-order valence-corrected chi connectivity index (χ1v) is 13.5. The Morgan fingerprint density at radius 1 is 0.675 bits per heavy atom. The first-order chi connectivity index (χ1) is 19.1. The zero-order valence-corrected chi connectivity index (χ0v) is 23.3. The van der Waals surface area contributed by atoms with E-state index in [1.54, 1.807) is 12.3 Å². The van der Waals surface area contributed by atoms with Crippen LogP contribution in [0.15, 0.2) is 102 Å². The summed E-state index contributed by atoms with van der Waals surface area (Å²) >= 11 is 0. The van der Waals surface area contributed by atoms with Gasteiger partial charge in [-0.25, -0.2) is 8.78 Å². The number of furan rings is 1. The van der Waals surface area contributed by atoms with Crippen LogP contribution in [0.5, 0.6) is 0 Å². The van der Waals surface area contributed by atoms with Crippen LogP contribution < -0.4 is 0 Å². The van der Waals surface area contributed by atoms with Gasteiger partial charge in [0.2, 0.25) is 0 Å². The van der Waals surface area contributed by atoms with Crippen molar-refractivity contribution in [2.75, 3.05) is 0 Å². The number of fused-ring (bicyclic) bond motifs is 3. The fraction of sp³-hybridized carbons (Fsp3) is 0.147. The first-order valence-electron chi connectivity index (χ1n) is 13.5. The second-order valence-corrected chi connectivity index (χ2v) is 12.0. The van der Waals surface area contributed by atoms with E-state index >= 15 is 8.78 Å². The van der Waals surface area contributed by atoms with Crippen LogP contribution in [0.1, 0.15) is 26.3 Å². The van der Waals surface area contributed by atoms with Crippen LogP contribution in [-0.4, -0.2) is 20.7 Å². The van der Waals surface area contributed by atoms with E-state index in [-0.39, 0.29) is 17.0 Å². The highest BCUT2D eigenvalue weighted by molar-refractivity contribution is 6.40. The third kappa shape index (κ3) is 4.23. The minimum absolute atomic E-state index is 0.157. The van der Waals surface area contributed by atoms with E-state index in [0.29, 0.717) is 33.6 Å². The Kier molecular flexibility index (Phi) is 6.18. The molecule has 0 radical (unpaired) electrons. The fourth-order valence-electron chi connectivity index (χ4n) is 5.21. The van der Waals surface area contributed by atoms with Crippen molar-refractivity contribution in [1.29, 1.82) is 0 Å². The molecule has 0 aliphatic rings. The molecule has 2 aromatic heterocycles. The maximum atomic E-state index is 15.5. The van der Waals surface area contributed by atoms with Crippen LogP contribution in [0.2, 0.25) is 0 Å².